The van der Waals surface area contributed by atoms with Gasteiger partial charge in [-0.1, -0.05) is 12.8 Å². The highest BCUT2D eigenvalue weighted by atomic mass is 35.5. The monoisotopic (exact) mass is 132 g/mol. The molecule has 2 heteroatoms. The summed E-state index contributed by atoms with van der Waals surface area (Å²) in [6.07, 6.45) is 4.59. The van der Waals surface area contributed by atoms with E-state index in [0.29, 0.717) is 0 Å². The molecule has 1 atom stereocenters. The minimum atomic E-state index is 0.170. The van der Waals surface area contributed by atoms with Crippen LogP contribution in [0.25, 0.3) is 0 Å². The Balaban J connectivity index is 2.28. The van der Waals surface area contributed by atoms with Crippen molar-refractivity contribution in [1.29, 1.82) is 0 Å². The Kier molecular flexibility index (Phi) is 2.15. The minimum absolute atomic E-state index is 0.170. The predicted molar refractivity (Wildman–Crippen MR) is 35.5 cm³/mol. The number of hydrogen-bond donors (Lipinski definition) is 1. The van der Waals surface area contributed by atoms with Gasteiger partial charge in [-0.05, 0) is 12.8 Å². The second kappa shape index (κ2) is 2.70. The number of hydrogen-bond acceptors (Lipinski definition) is 1. The maximum absolute atomic E-state index is 5.81. The van der Waals surface area contributed by atoms with E-state index in [1.165, 1.54) is 12.8 Å². The maximum atomic E-state index is 5.81. The molecule has 0 bridgehead atoms. The van der Waals surface area contributed by atoms with Crippen LogP contribution in [0.3, 0.4) is 0 Å². The van der Waals surface area contributed by atoms with Crippen LogP contribution >= 0.6 is 11.6 Å². The Bertz CT molecular complexity index is 64.9. The third-order valence-corrected chi connectivity index (χ3v) is 2.07. The van der Waals surface area contributed by atoms with Crippen molar-refractivity contribution >= 4 is 11.6 Å². The van der Waals surface area contributed by atoms with Crippen LogP contribution in [-0.2, 0) is 0 Å². The Labute approximate surface area is 55.2 Å². The van der Waals surface area contributed by atoms with Crippen LogP contribution in [0.2, 0.25) is 0 Å². The van der Waals surface area contributed by atoms with Crippen molar-refractivity contribution < 1.29 is 0 Å². The second-order valence-electron chi connectivity index (χ2n) is 2.29. The lowest BCUT2D eigenvalue weighted by atomic mass is 9.96. The van der Waals surface area contributed by atoms with E-state index in [2.05, 4.69) is 0 Å². The molecular formula is C6H11ClN. The van der Waals surface area contributed by atoms with Crippen LogP contribution in [0.15, 0.2) is 0 Å². The second-order valence-corrected chi connectivity index (χ2v) is 2.82. The molecule has 0 aromatic rings. The van der Waals surface area contributed by atoms with E-state index in [-0.39, 0.29) is 5.38 Å². The van der Waals surface area contributed by atoms with Gasteiger partial charge in [-0.15, -0.1) is 11.6 Å². The van der Waals surface area contributed by atoms with Crippen LogP contribution in [-0.4, -0.2) is 5.38 Å². The molecule has 1 fully saturated rings. The molecule has 0 aliphatic heterocycles. The van der Waals surface area contributed by atoms with Gasteiger partial charge < -0.3 is 5.73 Å². The summed E-state index contributed by atoms with van der Waals surface area (Å²) in [5, 5.41) is 0.170. The van der Waals surface area contributed by atoms with Gasteiger partial charge in [0, 0.05) is 0 Å². The van der Waals surface area contributed by atoms with E-state index >= 15 is 0 Å². The number of rotatable bonds is 0. The van der Waals surface area contributed by atoms with Crippen molar-refractivity contribution in [2.24, 2.45) is 5.73 Å². The predicted octanol–water partition coefficient (Wildman–Crippen LogP) is 1.66. The zero-order chi connectivity index (χ0) is 5.98. The van der Waals surface area contributed by atoms with Crippen LogP contribution in [0.5, 0.6) is 0 Å². The maximum Gasteiger partial charge on any atom is 0.0534 e. The summed E-state index contributed by atoms with van der Waals surface area (Å²) in [6, 6.07) is 0.984. The van der Waals surface area contributed by atoms with Crippen molar-refractivity contribution in [3.8, 4) is 0 Å². The first kappa shape index (κ1) is 6.37. The fraction of sp³-hybridized carbons (Fsp3) is 0.833. The molecule has 47 valence electrons. The molecule has 1 aliphatic rings. The molecule has 1 radical (unpaired) electrons. The first-order valence-electron chi connectivity index (χ1n) is 3.06. The van der Waals surface area contributed by atoms with Crippen molar-refractivity contribution in [3.05, 3.63) is 6.04 Å². The Morgan fingerprint density at radius 1 is 1.50 bits per heavy atom. The SMILES string of the molecule is N[C]1CCCCC1Cl. The molecule has 1 nitrogen and oxygen atoms in total. The van der Waals surface area contributed by atoms with Gasteiger partial charge in [0.15, 0.2) is 0 Å². The summed E-state index contributed by atoms with van der Waals surface area (Å²) in [7, 11) is 0. The average molecular weight is 133 g/mol. The zero-order valence-electron chi connectivity index (χ0n) is 4.86. The van der Waals surface area contributed by atoms with E-state index in [1.54, 1.807) is 0 Å². The topological polar surface area (TPSA) is 26.0 Å². The molecule has 0 aromatic carbocycles. The molecule has 0 saturated heterocycles. The molecule has 1 saturated carbocycles. The summed E-state index contributed by atoms with van der Waals surface area (Å²) >= 11 is 5.81. The molecule has 0 aromatic heterocycles. The lowest BCUT2D eigenvalue weighted by molar-refractivity contribution is 0.535. The van der Waals surface area contributed by atoms with Crippen LogP contribution in [0.4, 0.5) is 0 Å². The fourth-order valence-corrected chi connectivity index (χ4v) is 1.26. The highest BCUT2D eigenvalue weighted by Crippen LogP contribution is 2.25. The summed E-state index contributed by atoms with van der Waals surface area (Å²) in [5.74, 6) is 0. The third-order valence-electron chi connectivity index (χ3n) is 1.58. The van der Waals surface area contributed by atoms with Gasteiger partial charge in [0.05, 0.1) is 11.4 Å². The summed E-state index contributed by atoms with van der Waals surface area (Å²) in [5.41, 5.74) is 5.56. The van der Waals surface area contributed by atoms with E-state index < -0.39 is 0 Å². The van der Waals surface area contributed by atoms with Crippen LogP contribution in [0, 0.1) is 6.04 Å². The summed E-state index contributed by atoms with van der Waals surface area (Å²) in [4.78, 5) is 0. The highest BCUT2D eigenvalue weighted by molar-refractivity contribution is 6.21. The molecular weight excluding hydrogens is 122 g/mol. The Morgan fingerprint density at radius 3 is 2.62 bits per heavy atom. The van der Waals surface area contributed by atoms with Gasteiger partial charge in [0.1, 0.15) is 0 Å². The van der Waals surface area contributed by atoms with Gasteiger partial charge >= 0.3 is 0 Å². The third kappa shape index (κ3) is 1.36. The summed E-state index contributed by atoms with van der Waals surface area (Å²) < 4.78 is 0. The minimum Gasteiger partial charge on any atom is -0.322 e. The highest BCUT2D eigenvalue weighted by Gasteiger charge is 2.19. The molecule has 0 heterocycles. The van der Waals surface area contributed by atoms with E-state index in [9.17, 15) is 0 Å². The Morgan fingerprint density at radius 2 is 2.25 bits per heavy atom. The number of halogens is 1. The summed E-state index contributed by atoms with van der Waals surface area (Å²) in [6.45, 7) is 0. The molecule has 1 rings (SSSR count). The van der Waals surface area contributed by atoms with E-state index in [4.69, 9.17) is 17.3 Å². The zero-order valence-corrected chi connectivity index (χ0v) is 5.62. The van der Waals surface area contributed by atoms with Crippen molar-refractivity contribution in [2.75, 3.05) is 0 Å². The molecule has 2 N–H and O–H groups in total. The van der Waals surface area contributed by atoms with Crippen molar-refractivity contribution in [2.45, 2.75) is 31.1 Å². The van der Waals surface area contributed by atoms with Gasteiger partial charge in [-0.25, -0.2) is 0 Å². The fourth-order valence-electron chi connectivity index (χ4n) is 0.995. The molecule has 1 unspecified atom stereocenters. The molecule has 8 heavy (non-hydrogen) atoms. The molecule has 0 amide bonds. The smallest absolute Gasteiger partial charge is 0.0534 e. The lowest BCUT2D eigenvalue weighted by Gasteiger charge is -2.21. The largest absolute Gasteiger partial charge is 0.322 e. The van der Waals surface area contributed by atoms with Crippen LogP contribution in [0.1, 0.15) is 25.7 Å². The van der Waals surface area contributed by atoms with Crippen LogP contribution < -0.4 is 5.73 Å². The van der Waals surface area contributed by atoms with Gasteiger partial charge in [-0.3, -0.25) is 0 Å². The van der Waals surface area contributed by atoms with E-state index in [1.807, 2.05) is 0 Å². The van der Waals surface area contributed by atoms with E-state index in [0.717, 1.165) is 18.9 Å². The Hall–Kier alpha value is 0.250. The van der Waals surface area contributed by atoms with Gasteiger partial charge in [-0.2, -0.15) is 0 Å². The number of nitrogens with two attached hydrogens (primary N) is 1. The molecule has 1 aliphatic carbocycles. The first-order chi connectivity index (χ1) is 3.80. The van der Waals surface area contributed by atoms with Gasteiger partial charge in [0.25, 0.3) is 0 Å². The lowest BCUT2D eigenvalue weighted by Crippen LogP contribution is -2.24. The quantitative estimate of drug-likeness (QED) is 0.499. The van der Waals surface area contributed by atoms with Gasteiger partial charge in [0.2, 0.25) is 0 Å². The van der Waals surface area contributed by atoms with Crippen molar-refractivity contribution in [1.82, 2.24) is 0 Å². The first-order valence-corrected chi connectivity index (χ1v) is 3.49. The standard InChI is InChI=1S/C6H11ClN/c7-5-3-1-2-4-6(5)8/h5H,1-4,8H2. The average Bonchev–Trinajstić information content (AvgIpc) is 1.77. The van der Waals surface area contributed by atoms with Crippen molar-refractivity contribution in [3.63, 3.8) is 0 Å². The number of alkyl halides is 1. The molecule has 0 spiro atoms. The normalized spacial score (nSPS) is 33.0.